The van der Waals surface area contributed by atoms with Crippen LogP contribution in [0.3, 0.4) is 0 Å². The molecule has 10 heteroatoms. The molecule has 0 aliphatic carbocycles. The van der Waals surface area contributed by atoms with E-state index in [0.717, 1.165) is 33.4 Å². The maximum Gasteiger partial charge on any atom is 0.417 e. The minimum Gasteiger partial charge on any atom is -0.239 e. The number of halogens is 3. The van der Waals surface area contributed by atoms with E-state index in [1.165, 1.54) is 22.7 Å². The lowest BCUT2D eigenvalue weighted by Crippen LogP contribution is -2.10. The number of pyridine rings is 1. The average Bonchev–Trinajstić information content (AvgIpc) is 3.47. The van der Waals surface area contributed by atoms with E-state index in [0.29, 0.717) is 10.6 Å². The van der Waals surface area contributed by atoms with Crippen LogP contribution in [0.1, 0.15) is 16.8 Å². The molecule has 146 valence electrons. The molecule has 0 saturated heterocycles. The average molecular weight is 466 g/mol. The Hall–Kier alpha value is -2.19. The summed E-state index contributed by atoms with van der Waals surface area (Å²) in [6, 6.07) is 10.0. The summed E-state index contributed by atoms with van der Waals surface area (Å²) >= 11 is 5.46. The zero-order valence-corrected chi connectivity index (χ0v) is 17.7. The van der Waals surface area contributed by atoms with Crippen LogP contribution in [0.25, 0.3) is 20.5 Å². The largest absolute Gasteiger partial charge is 0.417 e. The van der Waals surface area contributed by atoms with Crippen molar-refractivity contribution < 1.29 is 13.2 Å². The molecule has 0 aromatic carbocycles. The molecule has 0 saturated carbocycles. The highest BCUT2D eigenvalue weighted by Crippen LogP contribution is 2.39. The van der Waals surface area contributed by atoms with Crippen LogP contribution in [0.4, 0.5) is 13.2 Å². The van der Waals surface area contributed by atoms with Gasteiger partial charge in [0, 0.05) is 11.1 Å². The number of thiophene rings is 2. The number of thioether (sulfide) groups is 1. The van der Waals surface area contributed by atoms with Crippen LogP contribution >= 0.6 is 45.8 Å². The van der Waals surface area contributed by atoms with Crippen molar-refractivity contribution in [2.45, 2.75) is 17.0 Å². The predicted octanol–water partition coefficient (Wildman–Crippen LogP) is 7.18. The fraction of sp³-hybridized carbons (Fsp3) is 0.105. The molecule has 29 heavy (non-hydrogen) atoms. The Bertz CT molecular complexity index is 1160. The molecule has 0 unspecified atom stereocenters. The molecule has 4 aromatic rings. The second-order valence-electron chi connectivity index (χ2n) is 5.73. The van der Waals surface area contributed by atoms with Gasteiger partial charge in [-0.25, -0.2) is 9.97 Å². The molecular weight excluding hydrogens is 455 g/mol. The van der Waals surface area contributed by atoms with Crippen molar-refractivity contribution in [1.29, 1.82) is 5.26 Å². The molecular formula is C19H10F3N3S4. The van der Waals surface area contributed by atoms with Gasteiger partial charge >= 0.3 is 6.18 Å². The summed E-state index contributed by atoms with van der Waals surface area (Å²) in [5.74, 6) is 0.328. The van der Waals surface area contributed by atoms with Gasteiger partial charge in [0.25, 0.3) is 0 Å². The molecule has 4 heterocycles. The van der Waals surface area contributed by atoms with Crippen molar-refractivity contribution >= 4 is 45.8 Å². The summed E-state index contributed by atoms with van der Waals surface area (Å²) in [6.45, 7) is 0. The standard InChI is InChI=1S/C19H10F3N3S4/c20-19(21,22)13-7-14(15-3-1-5-26-15)25-17(12(13)8-23)28-9-11-10-29-18(24-11)16-4-2-6-27-16/h1-7,10H,9H2. The van der Waals surface area contributed by atoms with E-state index in [1.807, 2.05) is 22.9 Å². The van der Waals surface area contributed by atoms with Gasteiger partial charge in [0.2, 0.25) is 0 Å². The van der Waals surface area contributed by atoms with Crippen LogP contribution in [0.5, 0.6) is 0 Å². The van der Waals surface area contributed by atoms with Crippen molar-refractivity contribution in [3.05, 3.63) is 63.3 Å². The predicted molar refractivity (Wildman–Crippen MR) is 112 cm³/mol. The quantitative estimate of drug-likeness (QED) is 0.293. The molecule has 3 nitrogen and oxygen atoms in total. The maximum atomic E-state index is 13.6. The number of nitrogens with zero attached hydrogens (tertiary/aromatic N) is 3. The summed E-state index contributed by atoms with van der Waals surface area (Å²) < 4.78 is 40.7. The van der Waals surface area contributed by atoms with Crippen LogP contribution in [0.15, 0.2) is 51.5 Å². The zero-order valence-electron chi connectivity index (χ0n) is 14.4. The first kappa shape index (κ1) is 20.1. The molecule has 0 fully saturated rings. The summed E-state index contributed by atoms with van der Waals surface area (Å²) in [5, 5.41) is 15.9. The van der Waals surface area contributed by atoms with Gasteiger partial charge in [0.1, 0.15) is 16.1 Å². The Balaban J connectivity index is 1.67. The lowest BCUT2D eigenvalue weighted by Gasteiger charge is -2.13. The van der Waals surface area contributed by atoms with Gasteiger partial charge in [-0.1, -0.05) is 23.9 Å². The molecule has 4 aromatic heterocycles. The number of hydrogen-bond acceptors (Lipinski definition) is 7. The molecule has 0 aliphatic rings. The number of hydrogen-bond donors (Lipinski definition) is 0. The third kappa shape index (κ3) is 4.38. The van der Waals surface area contributed by atoms with Crippen molar-refractivity contribution in [3.8, 4) is 26.5 Å². The topological polar surface area (TPSA) is 49.6 Å². The van der Waals surface area contributed by atoms with Crippen LogP contribution < -0.4 is 0 Å². The number of aromatic nitrogens is 2. The summed E-state index contributed by atoms with van der Waals surface area (Å²) in [4.78, 5) is 10.6. The molecule has 0 bridgehead atoms. The van der Waals surface area contributed by atoms with Gasteiger partial charge < -0.3 is 0 Å². The van der Waals surface area contributed by atoms with E-state index in [4.69, 9.17) is 0 Å². The number of rotatable bonds is 5. The van der Waals surface area contributed by atoms with Gasteiger partial charge in [-0.05, 0) is 29.0 Å². The Morgan fingerprint density at radius 2 is 1.76 bits per heavy atom. The summed E-state index contributed by atoms with van der Waals surface area (Å²) in [7, 11) is 0. The van der Waals surface area contributed by atoms with Gasteiger partial charge in [-0.2, -0.15) is 18.4 Å². The first-order valence-electron chi connectivity index (χ1n) is 8.13. The normalized spacial score (nSPS) is 11.5. The molecule has 0 amide bonds. The van der Waals surface area contributed by atoms with Crippen LogP contribution in [-0.2, 0) is 11.9 Å². The van der Waals surface area contributed by atoms with Gasteiger partial charge in [-0.15, -0.1) is 34.0 Å². The van der Waals surface area contributed by atoms with E-state index in [2.05, 4.69) is 9.97 Å². The highest BCUT2D eigenvalue weighted by atomic mass is 32.2. The zero-order chi connectivity index (χ0) is 20.4. The number of nitriles is 1. The highest BCUT2D eigenvalue weighted by molar-refractivity contribution is 7.98. The number of thiazole rings is 1. The SMILES string of the molecule is N#Cc1c(C(F)(F)F)cc(-c2cccs2)nc1SCc1csc(-c2cccs2)n1. The van der Waals surface area contributed by atoms with Crippen molar-refractivity contribution in [1.82, 2.24) is 9.97 Å². The summed E-state index contributed by atoms with van der Waals surface area (Å²) in [6.07, 6.45) is -4.64. The van der Waals surface area contributed by atoms with Crippen molar-refractivity contribution in [2.24, 2.45) is 0 Å². The fourth-order valence-electron chi connectivity index (χ4n) is 2.54. The van der Waals surface area contributed by atoms with Crippen molar-refractivity contribution in [2.75, 3.05) is 0 Å². The van der Waals surface area contributed by atoms with E-state index >= 15 is 0 Å². The maximum absolute atomic E-state index is 13.6. The minimum atomic E-state index is -4.64. The fourth-order valence-corrected chi connectivity index (χ4v) is 5.86. The second kappa shape index (κ2) is 8.28. The molecule has 0 spiro atoms. The van der Waals surface area contributed by atoms with Gasteiger partial charge in [0.15, 0.2) is 0 Å². The van der Waals surface area contributed by atoms with Gasteiger partial charge in [-0.3, -0.25) is 0 Å². The molecule has 4 rings (SSSR count). The number of alkyl halides is 3. The Labute approximate surface area is 180 Å². The lowest BCUT2D eigenvalue weighted by atomic mass is 10.1. The van der Waals surface area contributed by atoms with Crippen LogP contribution in [0.2, 0.25) is 0 Å². The summed E-state index contributed by atoms with van der Waals surface area (Å²) in [5.41, 5.74) is -0.453. The van der Waals surface area contributed by atoms with E-state index < -0.39 is 17.3 Å². The van der Waals surface area contributed by atoms with E-state index in [1.54, 1.807) is 34.9 Å². The van der Waals surface area contributed by atoms with Gasteiger partial charge in [0.05, 0.1) is 32.3 Å². The monoisotopic (exact) mass is 465 g/mol. The minimum absolute atomic E-state index is 0.0661. The smallest absolute Gasteiger partial charge is 0.239 e. The van der Waals surface area contributed by atoms with E-state index in [-0.39, 0.29) is 10.7 Å². The third-order valence-corrected chi connectivity index (χ3v) is 7.65. The Morgan fingerprint density at radius 3 is 2.38 bits per heavy atom. The van der Waals surface area contributed by atoms with Crippen molar-refractivity contribution in [3.63, 3.8) is 0 Å². The molecule has 0 N–H and O–H groups in total. The van der Waals surface area contributed by atoms with Crippen LogP contribution in [-0.4, -0.2) is 9.97 Å². The van der Waals surface area contributed by atoms with E-state index in [9.17, 15) is 18.4 Å². The lowest BCUT2D eigenvalue weighted by molar-refractivity contribution is -0.138. The Kier molecular flexibility index (Phi) is 5.74. The molecule has 0 radical (unpaired) electrons. The first-order chi connectivity index (χ1) is 14.0. The first-order valence-corrected chi connectivity index (χ1v) is 11.8. The third-order valence-electron chi connectivity index (χ3n) is 3.82. The molecule has 0 atom stereocenters. The molecule has 0 aliphatic heterocycles. The Morgan fingerprint density at radius 1 is 1.03 bits per heavy atom. The highest BCUT2D eigenvalue weighted by Gasteiger charge is 2.36. The second-order valence-corrected chi connectivity index (χ2v) is 9.45. The van der Waals surface area contributed by atoms with Crippen LogP contribution in [0, 0.1) is 11.3 Å².